The summed E-state index contributed by atoms with van der Waals surface area (Å²) in [5, 5.41) is 2.84. The number of alkyl carbamates (subject to hydrolysis) is 1. The van der Waals surface area contributed by atoms with Gasteiger partial charge >= 0.3 is 6.09 Å². The van der Waals surface area contributed by atoms with E-state index in [9.17, 15) is 14.4 Å². The van der Waals surface area contributed by atoms with Gasteiger partial charge < -0.3 is 10.1 Å². The maximum atomic E-state index is 12.4. The fraction of sp³-hybridized carbons (Fsp3) is 0.526. The van der Waals surface area contributed by atoms with E-state index >= 15 is 0 Å². The molecule has 136 valence electrons. The highest BCUT2D eigenvalue weighted by Gasteiger charge is 2.35. The largest absolute Gasteiger partial charge is 0.444 e. The number of imide groups is 1. The Balaban J connectivity index is 1.97. The Morgan fingerprint density at radius 2 is 1.68 bits per heavy atom. The van der Waals surface area contributed by atoms with Crippen molar-refractivity contribution in [2.45, 2.75) is 58.6 Å². The lowest BCUT2D eigenvalue weighted by molar-refractivity contribution is 0.0496. The average Bonchev–Trinajstić information content (AvgIpc) is 2.75. The molecular formula is C19H26N2O4. The van der Waals surface area contributed by atoms with Gasteiger partial charge in [-0.1, -0.05) is 25.5 Å². The van der Waals surface area contributed by atoms with E-state index in [1.54, 1.807) is 45.0 Å². The number of ether oxygens (including phenoxy) is 1. The minimum Gasteiger partial charge on any atom is -0.444 e. The SMILES string of the molecule is CCC[C@@H](CCN1C(=O)c2ccccc2C1=O)NC(=O)OC(C)(C)C. The molecule has 1 heterocycles. The van der Waals surface area contributed by atoms with Gasteiger partial charge in [0.1, 0.15) is 5.60 Å². The van der Waals surface area contributed by atoms with Gasteiger partial charge in [-0.15, -0.1) is 0 Å². The molecule has 0 spiro atoms. The van der Waals surface area contributed by atoms with Crippen molar-refractivity contribution < 1.29 is 19.1 Å². The molecule has 0 aliphatic carbocycles. The number of fused-ring (bicyclic) bond motifs is 1. The molecule has 0 aromatic heterocycles. The quantitative estimate of drug-likeness (QED) is 0.801. The zero-order valence-corrected chi connectivity index (χ0v) is 15.3. The van der Waals surface area contributed by atoms with Crippen LogP contribution < -0.4 is 5.32 Å². The van der Waals surface area contributed by atoms with Crippen molar-refractivity contribution in [3.8, 4) is 0 Å². The van der Waals surface area contributed by atoms with Gasteiger partial charge in [0.05, 0.1) is 11.1 Å². The lowest BCUT2D eigenvalue weighted by Crippen LogP contribution is -2.41. The maximum absolute atomic E-state index is 12.4. The van der Waals surface area contributed by atoms with Crippen LogP contribution >= 0.6 is 0 Å². The molecule has 1 aliphatic rings. The summed E-state index contributed by atoms with van der Waals surface area (Å²) in [4.78, 5) is 38.0. The zero-order chi connectivity index (χ0) is 18.6. The van der Waals surface area contributed by atoms with Crippen molar-refractivity contribution >= 4 is 17.9 Å². The fourth-order valence-electron chi connectivity index (χ4n) is 2.84. The topological polar surface area (TPSA) is 75.7 Å². The Morgan fingerprint density at radius 3 is 2.16 bits per heavy atom. The second-order valence-electron chi connectivity index (χ2n) is 7.23. The summed E-state index contributed by atoms with van der Waals surface area (Å²) in [5.74, 6) is -0.541. The van der Waals surface area contributed by atoms with Crippen LogP contribution in [-0.4, -0.2) is 41.0 Å². The van der Waals surface area contributed by atoms with Crippen molar-refractivity contribution in [2.75, 3.05) is 6.54 Å². The molecule has 0 saturated heterocycles. The van der Waals surface area contributed by atoms with Crippen LogP contribution in [0.4, 0.5) is 4.79 Å². The van der Waals surface area contributed by atoms with Crippen molar-refractivity contribution in [1.29, 1.82) is 0 Å². The van der Waals surface area contributed by atoms with E-state index in [4.69, 9.17) is 4.74 Å². The number of benzene rings is 1. The molecule has 0 unspecified atom stereocenters. The highest BCUT2D eigenvalue weighted by atomic mass is 16.6. The summed E-state index contributed by atoms with van der Waals surface area (Å²) in [6.45, 7) is 7.71. The maximum Gasteiger partial charge on any atom is 0.407 e. The normalized spacial score (nSPS) is 15.1. The molecule has 1 aliphatic heterocycles. The number of carbonyl (C=O) groups is 3. The summed E-state index contributed by atoms with van der Waals surface area (Å²) < 4.78 is 5.28. The van der Waals surface area contributed by atoms with Crippen LogP contribution in [0.1, 0.15) is 67.7 Å². The summed E-state index contributed by atoms with van der Waals surface area (Å²) in [7, 11) is 0. The Kier molecular flexibility index (Phi) is 5.82. The third kappa shape index (κ3) is 4.81. The van der Waals surface area contributed by atoms with Gasteiger partial charge in [-0.05, 0) is 45.7 Å². The van der Waals surface area contributed by atoms with Crippen LogP contribution in [0.3, 0.4) is 0 Å². The molecule has 6 nitrogen and oxygen atoms in total. The molecule has 1 atom stereocenters. The molecule has 0 saturated carbocycles. The standard InChI is InChI=1S/C19H26N2O4/c1-5-8-13(20-18(24)25-19(2,3)4)11-12-21-16(22)14-9-6-7-10-15(14)17(21)23/h6-7,9-10,13H,5,8,11-12H2,1-4H3,(H,20,24)/t13-/m0/s1. The number of nitrogens with zero attached hydrogens (tertiary/aromatic N) is 1. The molecule has 2 rings (SSSR count). The van der Waals surface area contributed by atoms with Crippen LogP contribution in [0.5, 0.6) is 0 Å². The number of rotatable bonds is 6. The van der Waals surface area contributed by atoms with Crippen molar-refractivity contribution in [3.63, 3.8) is 0 Å². The van der Waals surface area contributed by atoms with Crippen molar-refractivity contribution in [2.24, 2.45) is 0 Å². The molecule has 0 bridgehead atoms. The molecule has 1 aromatic carbocycles. The van der Waals surface area contributed by atoms with Gasteiger partial charge in [0.15, 0.2) is 0 Å². The molecule has 6 heteroatoms. The molecule has 1 N–H and O–H groups in total. The van der Waals surface area contributed by atoms with Gasteiger partial charge in [-0.3, -0.25) is 14.5 Å². The van der Waals surface area contributed by atoms with Crippen molar-refractivity contribution in [1.82, 2.24) is 10.2 Å². The first-order valence-corrected chi connectivity index (χ1v) is 8.67. The van der Waals surface area contributed by atoms with Crippen LogP contribution in [0.15, 0.2) is 24.3 Å². The molecular weight excluding hydrogens is 320 g/mol. The first-order valence-electron chi connectivity index (χ1n) is 8.67. The highest BCUT2D eigenvalue weighted by molar-refractivity contribution is 6.21. The van der Waals surface area contributed by atoms with Crippen molar-refractivity contribution in [3.05, 3.63) is 35.4 Å². The Hall–Kier alpha value is -2.37. The highest BCUT2D eigenvalue weighted by Crippen LogP contribution is 2.23. The smallest absolute Gasteiger partial charge is 0.407 e. The number of hydrogen-bond acceptors (Lipinski definition) is 4. The van der Waals surface area contributed by atoms with E-state index in [0.29, 0.717) is 17.5 Å². The van der Waals surface area contributed by atoms with E-state index in [1.807, 2.05) is 6.92 Å². The van der Waals surface area contributed by atoms with Gasteiger partial charge in [-0.25, -0.2) is 4.79 Å². The lowest BCUT2D eigenvalue weighted by Gasteiger charge is -2.24. The number of carbonyl (C=O) groups excluding carboxylic acids is 3. The summed E-state index contributed by atoms with van der Waals surface area (Å²) >= 11 is 0. The minimum atomic E-state index is -0.566. The molecule has 0 fully saturated rings. The van der Waals surface area contributed by atoms with E-state index < -0.39 is 11.7 Å². The van der Waals surface area contributed by atoms with Crippen LogP contribution in [0, 0.1) is 0 Å². The van der Waals surface area contributed by atoms with Crippen LogP contribution in [0.25, 0.3) is 0 Å². The second-order valence-corrected chi connectivity index (χ2v) is 7.23. The molecule has 25 heavy (non-hydrogen) atoms. The Labute approximate surface area is 148 Å². The van der Waals surface area contributed by atoms with E-state index in [0.717, 1.165) is 12.8 Å². The van der Waals surface area contributed by atoms with E-state index in [1.165, 1.54) is 4.90 Å². The van der Waals surface area contributed by atoms with Gasteiger partial charge in [0.2, 0.25) is 0 Å². The second kappa shape index (κ2) is 7.68. The minimum absolute atomic E-state index is 0.149. The molecule has 1 aromatic rings. The first kappa shape index (κ1) is 19.0. The summed E-state index contributed by atoms with van der Waals surface area (Å²) in [6, 6.07) is 6.68. The third-order valence-corrected chi connectivity index (χ3v) is 3.94. The predicted octanol–water partition coefficient (Wildman–Crippen LogP) is 3.37. The van der Waals surface area contributed by atoms with E-state index in [-0.39, 0.29) is 24.4 Å². The van der Waals surface area contributed by atoms with Crippen LogP contribution in [0.2, 0.25) is 0 Å². The first-order chi connectivity index (χ1) is 11.7. The lowest BCUT2D eigenvalue weighted by atomic mass is 10.1. The summed E-state index contributed by atoms with van der Waals surface area (Å²) in [5.41, 5.74) is 0.322. The zero-order valence-electron chi connectivity index (χ0n) is 15.3. The van der Waals surface area contributed by atoms with Gasteiger partial charge in [-0.2, -0.15) is 0 Å². The predicted molar refractivity (Wildman–Crippen MR) is 94.5 cm³/mol. The van der Waals surface area contributed by atoms with Crippen LogP contribution in [-0.2, 0) is 4.74 Å². The summed E-state index contributed by atoms with van der Waals surface area (Å²) in [6.07, 6.45) is 1.65. The van der Waals surface area contributed by atoms with Gasteiger partial charge in [0, 0.05) is 12.6 Å². The Morgan fingerprint density at radius 1 is 1.12 bits per heavy atom. The number of amides is 3. The van der Waals surface area contributed by atoms with Gasteiger partial charge in [0.25, 0.3) is 11.8 Å². The number of nitrogens with one attached hydrogen (secondary N) is 1. The molecule has 3 amide bonds. The van der Waals surface area contributed by atoms with E-state index in [2.05, 4.69) is 5.32 Å². The third-order valence-electron chi connectivity index (χ3n) is 3.94. The number of hydrogen-bond donors (Lipinski definition) is 1. The molecule has 0 radical (unpaired) electrons. The fourth-order valence-corrected chi connectivity index (χ4v) is 2.84. The average molecular weight is 346 g/mol. The Bertz CT molecular complexity index is 629. The monoisotopic (exact) mass is 346 g/mol.